The van der Waals surface area contributed by atoms with Crippen molar-refractivity contribution in [2.45, 2.75) is 71.3 Å². The Kier molecular flexibility index (Phi) is 6.40. The van der Waals surface area contributed by atoms with E-state index in [0.717, 1.165) is 18.1 Å². The van der Waals surface area contributed by atoms with Crippen molar-refractivity contribution in [2.75, 3.05) is 0 Å². The summed E-state index contributed by atoms with van der Waals surface area (Å²) >= 11 is 0. The molecule has 1 aliphatic heterocycles. The number of nitrogens with one attached hydrogen (secondary N) is 1. The van der Waals surface area contributed by atoms with Crippen molar-refractivity contribution < 1.29 is 14.0 Å². The fraction of sp³-hybridized carbons (Fsp3) is 0.867. The zero-order valence-electron chi connectivity index (χ0n) is 13.9. The first kappa shape index (κ1) is 18.2. The molecule has 0 saturated carbocycles. The van der Waals surface area contributed by atoms with Crippen molar-refractivity contribution in [1.82, 2.24) is 5.32 Å². The molecule has 1 fully saturated rings. The zero-order chi connectivity index (χ0) is 16.2. The Morgan fingerprint density at radius 3 is 2.14 bits per heavy atom. The summed E-state index contributed by atoms with van der Waals surface area (Å²) < 4.78 is 6.39. The van der Waals surface area contributed by atoms with Gasteiger partial charge in [-0.3, -0.25) is 9.59 Å². The van der Waals surface area contributed by atoms with Gasteiger partial charge in [-0.15, -0.1) is 0 Å². The average molecular weight is 315 g/mol. The first-order valence-electron chi connectivity index (χ1n) is 8.13. The van der Waals surface area contributed by atoms with Gasteiger partial charge in [-0.25, -0.2) is 0 Å². The highest BCUT2D eigenvalue weighted by molar-refractivity contribution is 6.73. The standard InChI is InChI=1S/C15H30N2O3Si/c1-6-11(14(16)18)13-12(15(19)17-13)10(5)20-21(7-2,8-3)9-4/h10-13H,6-9H2,1-5H3,(H2,16,18)(H,17,19)/t10-,11?,12-,13-/m1/s1. The minimum absolute atomic E-state index is 0.0154. The maximum atomic E-state index is 11.9. The second-order valence-electron chi connectivity index (χ2n) is 6.04. The molecule has 0 radical (unpaired) electrons. The number of hydrogen-bond acceptors (Lipinski definition) is 3. The minimum atomic E-state index is -1.75. The molecule has 0 bridgehead atoms. The van der Waals surface area contributed by atoms with Crippen LogP contribution >= 0.6 is 0 Å². The SMILES string of the molecule is CCC(C(N)=O)[C@H]1NC(=O)[C@@H]1[C@@H](C)O[Si](CC)(CC)CC. The minimum Gasteiger partial charge on any atom is -0.413 e. The number of hydrogen-bond donors (Lipinski definition) is 2. The summed E-state index contributed by atoms with van der Waals surface area (Å²) in [6.07, 6.45) is 0.491. The number of carbonyl (C=O) groups is 2. The molecule has 0 spiro atoms. The van der Waals surface area contributed by atoms with Crippen molar-refractivity contribution in [3.8, 4) is 0 Å². The Morgan fingerprint density at radius 2 is 1.81 bits per heavy atom. The van der Waals surface area contributed by atoms with Gasteiger partial charge in [-0.05, 0) is 31.5 Å². The second kappa shape index (κ2) is 7.40. The fourth-order valence-electron chi connectivity index (χ4n) is 3.37. The van der Waals surface area contributed by atoms with E-state index in [4.69, 9.17) is 10.2 Å². The number of β-lactam (4-membered cyclic amide) rings is 1. The maximum Gasteiger partial charge on any atom is 0.228 e. The van der Waals surface area contributed by atoms with Gasteiger partial charge in [0, 0.05) is 0 Å². The van der Waals surface area contributed by atoms with Gasteiger partial charge in [0.15, 0.2) is 8.32 Å². The summed E-state index contributed by atoms with van der Waals surface area (Å²) in [6, 6.07) is 2.98. The molecular weight excluding hydrogens is 284 g/mol. The third-order valence-electron chi connectivity index (χ3n) is 5.11. The van der Waals surface area contributed by atoms with E-state index in [9.17, 15) is 9.59 Å². The number of primary amides is 1. The van der Waals surface area contributed by atoms with Crippen LogP contribution in [0, 0.1) is 11.8 Å². The fourth-order valence-corrected chi connectivity index (χ4v) is 6.31. The normalized spacial score (nSPS) is 24.9. The van der Waals surface area contributed by atoms with E-state index >= 15 is 0 Å². The number of nitrogens with two attached hydrogens (primary N) is 1. The van der Waals surface area contributed by atoms with Gasteiger partial charge in [0.1, 0.15) is 0 Å². The predicted molar refractivity (Wildman–Crippen MR) is 86.1 cm³/mol. The van der Waals surface area contributed by atoms with Crippen LogP contribution in [0.15, 0.2) is 0 Å². The lowest BCUT2D eigenvalue weighted by Crippen LogP contribution is -2.67. The van der Waals surface area contributed by atoms with Crippen LogP contribution in [0.5, 0.6) is 0 Å². The Bertz CT molecular complexity index is 377. The predicted octanol–water partition coefficient (Wildman–Crippen LogP) is 2.02. The van der Waals surface area contributed by atoms with Crippen LogP contribution < -0.4 is 11.1 Å². The van der Waals surface area contributed by atoms with Crippen molar-refractivity contribution in [3.05, 3.63) is 0 Å². The second-order valence-corrected chi connectivity index (χ2v) is 10.8. The quantitative estimate of drug-likeness (QED) is 0.504. The monoisotopic (exact) mass is 314 g/mol. The van der Waals surface area contributed by atoms with Crippen molar-refractivity contribution in [3.63, 3.8) is 0 Å². The van der Waals surface area contributed by atoms with Crippen LogP contribution in [0.25, 0.3) is 0 Å². The number of amides is 2. The van der Waals surface area contributed by atoms with Gasteiger partial charge < -0.3 is 15.5 Å². The molecule has 122 valence electrons. The molecular formula is C15H30N2O3Si. The van der Waals surface area contributed by atoms with E-state index in [1.165, 1.54) is 0 Å². The highest BCUT2D eigenvalue weighted by Gasteiger charge is 2.49. The van der Waals surface area contributed by atoms with Crippen molar-refractivity contribution in [2.24, 2.45) is 17.6 Å². The molecule has 5 nitrogen and oxygen atoms in total. The molecule has 1 unspecified atom stereocenters. The molecule has 0 aromatic carbocycles. The molecule has 1 rings (SSSR count). The Labute approximate surface area is 129 Å². The summed E-state index contributed by atoms with van der Waals surface area (Å²) in [4.78, 5) is 23.5. The molecule has 1 saturated heterocycles. The molecule has 2 amide bonds. The highest BCUT2D eigenvalue weighted by Crippen LogP contribution is 2.32. The molecule has 6 heteroatoms. The topological polar surface area (TPSA) is 81.4 Å². The van der Waals surface area contributed by atoms with Crippen LogP contribution in [0.2, 0.25) is 18.1 Å². The van der Waals surface area contributed by atoms with Crippen LogP contribution in [0.4, 0.5) is 0 Å². The number of rotatable bonds is 9. The van der Waals surface area contributed by atoms with Crippen LogP contribution in [-0.4, -0.2) is 32.3 Å². The molecule has 0 aromatic heterocycles. The Morgan fingerprint density at radius 1 is 1.29 bits per heavy atom. The maximum absolute atomic E-state index is 11.9. The van der Waals surface area contributed by atoms with E-state index < -0.39 is 8.32 Å². The molecule has 4 atom stereocenters. The molecule has 21 heavy (non-hydrogen) atoms. The van der Waals surface area contributed by atoms with Crippen LogP contribution in [-0.2, 0) is 14.0 Å². The highest BCUT2D eigenvalue weighted by atomic mass is 28.4. The lowest BCUT2D eigenvalue weighted by Gasteiger charge is -2.45. The summed E-state index contributed by atoms with van der Waals surface area (Å²) in [5.41, 5.74) is 5.45. The summed E-state index contributed by atoms with van der Waals surface area (Å²) in [7, 11) is -1.75. The number of carbonyl (C=O) groups excluding carboxylic acids is 2. The Hall–Kier alpha value is -0.883. The van der Waals surface area contributed by atoms with Crippen LogP contribution in [0.3, 0.4) is 0 Å². The van der Waals surface area contributed by atoms with Crippen molar-refractivity contribution >= 4 is 20.1 Å². The summed E-state index contributed by atoms with van der Waals surface area (Å²) in [5.74, 6) is -0.915. The lowest BCUT2D eigenvalue weighted by atomic mass is 9.77. The van der Waals surface area contributed by atoms with E-state index in [-0.39, 0.29) is 35.8 Å². The zero-order valence-corrected chi connectivity index (χ0v) is 14.9. The van der Waals surface area contributed by atoms with Gasteiger partial charge in [0.05, 0.1) is 24.0 Å². The smallest absolute Gasteiger partial charge is 0.228 e. The largest absolute Gasteiger partial charge is 0.413 e. The molecule has 3 N–H and O–H groups in total. The molecule has 1 aliphatic rings. The van der Waals surface area contributed by atoms with E-state index in [2.05, 4.69) is 26.1 Å². The third-order valence-corrected chi connectivity index (χ3v) is 9.85. The molecule has 1 heterocycles. The van der Waals surface area contributed by atoms with E-state index in [1.54, 1.807) is 0 Å². The van der Waals surface area contributed by atoms with Gasteiger partial charge in [0.25, 0.3) is 0 Å². The van der Waals surface area contributed by atoms with Crippen LogP contribution in [0.1, 0.15) is 41.0 Å². The van der Waals surface area contributed by atoms with Gasteiger partial charge >= 0.3 is 0 Å². The van der Waals surface area contributed by atoms with Gasteiger partial charge in [0.2, 0.25) is 11.8 Å². The third kappa shape index (κ3) is 3.66. The first-order valence-corrected chi connectivity index (χ1v) is 10.7. The molecule has 0 aromatic rings. The van der Waals surface area contributed by atoms with Gasteiger partial charge in [-0.2, -0.15) is 0 Å². The van der Waals surface area contributed by atoms with Gasteiger partial charge in [-0.1, -0.05) is 27.7 Å². The van der Waals surface area contributed by atoms with E-state index in [1.807, 2.05) is 13.8 Å². The van der Waals surface area contributed by atoms with E-state index in [0.29, 0.717) is 6.42 Å². The average Bonchev–Trinajstić information content (AvgIpc) is 2.44. The Balaban J connectivity index is 2.82. The first-order chi connectivity index (χ1) is 9.85. The molecule has 0 aliphatic carbocycles. The lowest BCUT2D eigenvalue weighted by molar-refractivity contribution is -0.144. The summed E-state index contributed by atoms with van der Waals surface area (Å²) in [5, 5.41) is 2.84. The summed E-state index contributed by atoms with van der Waals surface area (Å²) in [6.45, 7) is 10.4. The van der Waals surface area contributed by atoms with Crippen molar-refractivity contribution in [1.29, 1.82) is 0 Å².